The van der Waals surface area contributed by atoms with Gasteiger partial charge in [-0.15, -0.1) is 0 Å². The van der Waals surface area contributed by atoms with E-state index in [1.807, 2.05) is 31.3 Å². The van der Waals surface area contributed by atoms with Gasteiger partial charge in [0.25, 0.3) is 0 Å². The number of nitrogens with one attached hydrogen (secondary N) is 2. The van der Waals surface area contributed by atoms with E-state index in [0.717, 1.165) is 57.8 Å². The Labute approximate surface area is 192 Å². The van der Waals surface area contributed by atoms with E-state index in [4.69, 9.17) is 33.8 Å². The maximum atomic E-state index is 6.19. The molecule has 5 rings (SSSR count). The van der Waals surface area contributed by atoms with Crippen molar-refractivity contribution >= 4 is 51.9 Å². The van der Waals surface area contributed by atoms with E-state index < -0.39 is 0 Å². The van der Waals surface area contributed by atoms with Gasteiger partial charge in [0, 0.05) is 47.5 Å². The Morgan fingerprint density at radius 1 is 1.10 bits per heavy atom. The number of rotatable bonds is 3. The third-order valence-electron chi connectivity index (χ3n) is 5.72. The number of hydrogen-bond acceptors (Lipinski definition) is 6. The van der Waals surface area contributed by atoms with Gasteiger partial charge >= 0.3 is 0 Å². The first-order valence-corrected chi connectivity index (χ1v) is 11.3. The van der Waals surface area contributed by atoms with Gasteiger partial charge in [0.05, 0.1) is 22.1 Å². The fourth-order valence-electron chi connectivity index (χ4n) is 4.12. The first-order valence-electron chi connectivity index (χ1n) is 10.5. The maximum absolute atomic E-state index is 6.19. The molecular formula is C23H23ClN6S. The summed E-state index contributed by atoms with van der Waals surface area (Å²) >= 11 is 11.7. The molecule has 1 fully saturated rings. The predicted octanol–water partition coefficient (Wildman–Crippen LogP) is 5.53. The molecule has 6 nitrogen and oxygen atoms in total. The zero-order chi connectivity index (χ0) is 21.4. The van der Waals surface area contributed by atoms with Crippen LogP contribution in [0, 0.1) is 6.92 Å². The number of aromatic nitrogens is 3. The SMILES string of the molecule is Cc1nc(N2CCCCC2)ccc1Nc1ncc2c(n1)-c1ccc(Cl)cc1NC(=S)C2. The van der Waals surface area contributed by atoms with Gasteiger partial charge in [-0.05, 0) is 56.5 Å². The lowest BCUT2D eigenvalue weighted by Crippen LogP contribution is -2.30. The standard InChI is InChI=1S/C23H23ClN6S/c1-14-18(7-8-20(26-14)30-9-3-2-4-10-30)28-23-25-13-15-11-21(31)27-19-12-16(24)5-6-17(19)22(15)29-23/h5-8,12-13H,2-4,9-11H2,1H3,(H,27,31)(H,25,28,29). The Bertz CT molecular complexity index is 1160. The highest BCUT2D eigenvalue weighted by molar-refractivity contribution is 7.80. The summed E-state index contributed by atoms with van der Waals surface area (Å²) in [4.78, 5) is 17.3. The van der Waals surface area contributed by atoms with Crippen molar-refractivity contribution in [2.75, 3.05) is 28.6 Å². The summed E-state index contributed by atoms with van der Waals surface area (Å²) in [6, 6.07) is 9.84. The van der Waals surface area contributed by atoms with Crippen LogP contribution in [0.15, 0.2) is 36.5 Å². The number of hydrogen-bond donors (Lipinski definition) is 2. The summed E-state index contributed by atoms with van der Waals surface area (Å²) in [6.45, 7) is 4.16. The van der Waals surface area contributed by atoms with Gasteiger partial charge in [-0.25, -0.2) is 15.0 Å². The molecule has 0 atom stereocenters. The number of nitrogens with zero attached hydrogens (tertiary/aromatic N) is 4. The Hall–Kier alpha value is -2.77. The minimum atomic E-state index is 0.531. The fourth-order valence-corrected chi connectivity index (χ4v) is 4.56. The minimum absolute atomic E-state index is 0.531. The highest BCUT2D eigenvalue weighted by Gasteiger charge is 2.20. The summed E-state index contributed by atoms with van der Waals surface area (Å²) in [7, 11) is 0. The molecule has 1 saturated heterocycles. The van der Waals surface area contributed by atoms with Gasteiger partial charge in [-0.1, -0.05) is 23.8 Å². The highest BCUT2D eigenvalue weighted by Crippen LogP contribution is 2.35. The third-order valence-corrected chi connectivity index (χ3v) is 6.21. The number of fused-ring (bicyclic) bond motifs is 3. The second-order valence-electron chi connectivity index (χ2n) is 7.96. The van der Waals surface area contributed by atoms with Crippen molar-refractivity contribution in [3.8, 4) is 11.3 Å². The summed E-state index contributed by atoms with van der Waals surface area (Å²) in [5.41, 5.74) is 5.49. The molecule has 158 valence electrons. The van der Waals surface area contributed by atoms with Crippen LogP contribution in [0.4, 0.5) is 23.1 Å². The molecule has 0 radical (unpaired) electrons. The third kappa shape index (κ3) is 4.20. The van der Waals surface area contributed by atoms with Gasteiger partial charge in [-0.2, -0.15) is 0 Å². The molecule has 2 N–H and O–H groups in total. The van der Waals surface area contributed by atoms with Crippen LogP contribution in [-0.4, -0.2) is 33.0 Å². The van der Waals surface area contributed by atoms with E-state index in [9.17, 15) is 0 Å². The molecule has 0 aliphatic carbocycles. The summed E-state index contributed by atoms with van der Waals surface area (Å²) in [5, 5.41) is 7.27. The Balaban J connectivity index is 1.45. The number of thiocarbonyl (C=S) groups is 1. The molecule has 2 aliphatic heterocycles. The van der Waals surface area contributed by atoms with E-state index in [1.54, 1.807) is 0 Å². The fraction of sp³-hybridized carbons (Fsp3) is 0.304. The van der Waals surface area contributed by atoms with Crippen molar-refractivity contribution in [2.24, 2.45) is 0 Å². The number of benzene rings is 1. The second kappa shape index (κ2) is 8.40. The first kappa shape index (κ1) is 20.2. The topological polar surface area (TPSA) is 66.0 Å². The second-order valence-corrected chi connectivity index (χ2v) is 8.89. The molecule has 31 heavy (non-hydrogen) atoms. The average Bonchev–Trinajstić information content (AvgIpc) is 2.90. The molecule has 2 aromatic heterocycles. The Kier molecular flexibility index (Phi) is 5.46. The largest absolute Gasteiger partial charge is 0.357 e. The molecule has 0 spiro atoms. The van der Waals surface area contributed by atoms with E-state index in [2.05, 4.69) is 32.7 Å². The van der Waals surface area contributed by atoms with Crippen molar-refractivity contribution < 1.29 is 0 Å². The van der Waals surface area contributed by atoms with E-state index in [1.165, 1.54) is 19.3 Å². The van der Waals surface area contributed by atoms with Crippen LogP contribution in [0.1, 0.15) is 30.5 Å². The Morgan fingerprint density at radius 2 is 1.94 bits per heavy atom. The molecule has 0 bridgehead atoms. The molecule has 3 aromatic rings. The van der Waals surface area contributed by atoms with Crippen LogP contribution in [0.25, 0.3) is 11.3 Å². The number of aryl methyl sites for hydroxylation is 1. The van der Waals surface area contributed by atoms with Gasteiger partial charge < -0.3 is 15.5 Å². The van der Waals surface area contributed by atoms with Crippen molar-refractivity contribution in [3.63, 3.8) is 0 Å². The van der Waals surface area contributed by atoms with Crippen molar-refractivity contribution in [1.82, 2.24) is 15.0 Å². The molecule has 1 aromatic carbocycles. The normalized spacial score (nSPS) is 15.5. The lowest BCUT2D eigenvalue weighted by Gasteiger charge is -2.28. The van der Waals surface area contributed by atoms with Gasteiger partial charge in [0.2, 0.25) is 5.95 Å². The maximum Gasteiger partial charge on any atom is 0.227 e. The highest BCUT2D eigenvalue weighted by atomic mass is 35.5. The molecule has 2 aliphatic rings. The quantitative estimate of drug-likeness (QED) is 0.508. The van der Waals surface area contributed by atoms with E-state index in [-0.39, 0.29) is 0 Å². The van der Waals surface area contributed by atoms with Crippen LogP contribution >= 0.6 is 23.8 Å². The zero-order valence-corrected chi connectivity index (χ0v) is 18.9. The van der Waals surface area contributed by atoms with Crippen molar-refractivity contribution in [2.45, 2.75) is 32.6 Å². The van der Waals surface area contributed by atoms with Crippen LogP contribution in [0.2, 0.25) is 5.02 Å². The van der Waals surface area contributed by atoms with E-state index >= 15 is 0 Å². The average molecular weight is 451 g/mol. The number of pyridine rings is 1. The van der Waals surface area contributed by atoms with Crippen LogP contribution in [0.3, 0.4) is 0 Å². The predicted molar refractivity (Wildman–Crippen MR) is 131 cm³/mol. The van der Waals surface area contributed by atoms with Gasteiger partial charge in [0.15, 0.2) is 0 Å². The first-order chi connectivity index (χ1) is 15.1. The van der Waals surface area contributed by atoms with Crippen LogP contribution in [-0.2, 0) is 6.42 Å². The van der Waals surface area contributed by atoms with Crippen LogP contribution in [0.5, 0.6) is 0 Å². The lowest BCUT2D eigenvalue weighted by atomic mass is 10.1. The van der Waals surface area contributed by atoms with Crippen molar-refractivity contribution in [3.05, 3.63) is 52.8 Å². The minimum Gasteiger partial charge on any atom is -0.357 e. The number of halogens is 1. The molecular weight excluding hydrogens is 428 g/mol. The molecule has 8 heteroatoms. The summed E-state index contributed by atoms with van der Waals surface area (Å²) in [5.74, 6) is 1.57. The van der Waals surface area contributed by atoms with Crippen LogP contribution < -0.4 is 15.5 Å². The Morgan fingerprint density at radius 3 is 2.74 bits per heavy atom. The molecule has 0 saturated carbocycles. The lowest BCUT2D eigenvalue weighted by molar-refractivity contribution is 0.573. The molecule has 0 amide bonds. The summed E-state index contributed by atoms with van der Waals surface area (Å²) in [6.07, 6.45) is 6.19. The molecule has 4 heterocycles. The zero-order valence-electron chi connectivity index (χ0n) is 17.3. The smallest absolute Gasteiger partial charge is 0.227 e. The monoisotopic (exact) mass is 450 g/mol. The molecule has 0 unspecified atom stereocenters. The number of piperidine rings is 1. The summed E-state index contributed by atoms with van der Waals surface area (Å²) < 4.78 is 0. The number of anilines is 4. The van der Waals surface area contributed by atoms with E-state index in [0.29, 0.717) is 17.4 Å². The van der Waals surface area contributed by atoms with Gasteiger partial charge in [-0.3, -0.25) is 0 Å². The van der Waals surface area contributed by atoms with Gasteiger partial charge in [0.1, 0.15) is 5.82 Å². The van der Waals surface area contributed by atoms with Crippen molar-refractivity contribution in [1.29, 1.82) is 0 Å².